The van der Waals surface area contributed by atoms with Crippen LogP contribution in [0, 0.1) is 12.7 Å². The van der Waals surface area contributed by atoms with E-state index in [9.17, 15) is 14.0 Å². The highest BCUT2D eigenvalue weighted by Crippen LogP contribution is 2.17. The summed E-state index contributed by atoms with van der Waals surface area (Å²) in [5, 5.41) is 7.22. The molecule has 0 saturated heterocycles. The molecule has 6 nitrogen and oxygen atoms in total. The fourth-order valence-corrected chi connectivity index (χ4v) is 3.63. The molecule has 1 aliphatic heterocycles. The van der Waals surface area contributed by atoms with Crippen molar-refractivity contribution in [1.29, 1.82) is 0 Å². The molecule has 0 spiro atoms. The van der Waals surface area contributed by atoms with Gasteiger partial charge in [0, 0.05) is 32.2 Å². The molecule has 3 aromatic rings. The second-order valence-electron chi connectivity index (χ2n) is 7.46. The van der Waals surface area contributed by atoms with Gasteiger partial charge < -0.3 is 10.2 Å². The molecule has 4 rings (SSSR count). The van der Waals surface area contributed by atoms with Gasteiger partial charge in [-0.25, -0.2) is 4.39 Å². The SMILES string of the molecule is Cc1ccccc1CNC(=O)c1cc2n(n1)CCCN(Cc1cccc(F)c1)C2=O. The number of carbonyl (C=O) groups is 2. The lowest BCUT2D eigenvalue weighted by molar-refractivity contribution is 0.0745. The molecule has 2 aromatic carbocycles. The maximum atomic E-state index is 13.5. The van der Waals surface area contributed by atoms with Crippen LogP contribution in [0.15, 0.2) is 54.6 Å². The highest BCUT2D eigenvalue weighted by Gasteiger charge is 2.26. The Balaban J connectivity index is 1.48. The van der Waals surface area contributed by atoms with Gasteiger partial charge in [0.15, 0.2) is 5.69 Å². The lowest BCUT2D eigenvalue weighted by atomic mass is 10.1. The first-order valence-electron chi connectivity index (χ1n) is 9.95. The van der Waals surface area contributed by atoms with Crippen molar-refractivity contribution in [1.82, 2.24) is 20.0 Å². The zero-order valence-electron chi connectivity index (χ0n) is 16.8. The summed E-state index contributed by atoms with van der Waals surface area (Å²) in [5.74, 6) is -0.849. The van der Waals surface area contributed by atoms with Crippen molar-refractivity contribution in [2.24, 2.45) is 0 Å². The summed E-state index contributed by atoms with van der Waals surface area (Å²) in [6.07, 6.45) is 0.708. The molecule has 7 heteroatoms. The van der Waals surface area contributed by atoms with Crippen LogP contribution in [-0.4, -0.2) is 33.0 Å². The summed E-state index contributed by atoms with van der Waals surface area (Å²) in [6.45, 7) is 3.80. The molecule has 0 bridgehead atoms. The van der Waals surface area contributed by atoms with Crippen LogP contribution in [-0.2, 0) is 19.6 Å². The number of amides is 2. The molecule has 154 valence electrons. The van der Waals surface area contributed by atoms with Crippen LogP contribution in [0.2, 0.25) is 0 Å². The van der Waals surface area contributed by atoms with Crippen molar-refractivity contribution >= 4 is 11.8 Å². The highest BCUT2D eigenvalue weighted by molar-refractivity contribution is 5.98. The summed E-state index contributed by atoms with van der Waals surface area (Å²) in [6, 6.07) is 15.6. The van der Waals surface area contributed by atoms with Crippen LogP contribution in [0.25, 0.3) is 0 Å². The van der Waals surface area contributed by atoms with Crippen LogP contribution in [0.3, 0.4) is 0 Å². The van der Waals surface area contributed by atoms with Gasteiger partial charge in [-0.3, -0.25) is 14.3 Å². The number of benzene rings is 2. The van der Waals surface area contributed by atoms with E-state index in [2.05, 4.69) is 10.4 Å². The number of aromatic nitrogens is 2. The van der Waals surface area contributed by atoms with E-state index < -0.39 is 0 Å². The number of nitrogens with one attached hydrogen (secondary N) is 1. The average molecular weight is 406 g/mol. The topological polar surface area (TPSA) is 67.2 Å². The van der Waals surface area contributed by atoms with Gasteiger partial charge >= 0.3 is 0 Å². The molecule has 0 fully saturated rings. The van der Waals surface area contributed by atoms with Gasteiger partial charge in [0.05, 0.1) is 0 Å². The normalized spacial score (nSPS) is 13.7. The minimum absolute atomic E-state index is 0.206. The molecule has 1 aliphatic rings. The molecule has 1 N–H and O–H groups in total. The maximum absolute atomic E-state index is 13.5. The largest absolute Gasteiger partial charge is 0.347 e. The molecule has 0 unspecified atom stereocenters. The molecule has 0 atom stereocenters. The summed E-state index contributed by atoms with van der Waals surface area (Å²) in [4.78, 5) is 27.3. The smallest absolute Gasteiger partial charge is 0.272 e. The molecule has 0 saturated carbocycles. The first-order chi connectivity index (χ1) is 14.5. The third-order valence-electron chi connectivity index (χ3n) is 5.28. The molecule has 30 heavy (non-hydrogen) atoms. The Morgan fingerprint density at radius 2 is 1.97 bits per heavy atom. The predicted molar refractivity (Wildman–Crippen MR) is 110 cm³/mol. The third kappa shape index (κ3) is 4.25. The van der Waals surface area contributed by atoms with Crippen LogP contribution in [0.4, 0.5) is 4.39 Å². The minimum Gasteiger partial charge on any atom is -0.347 e. The van der Waals surface area contributed by atoms with E-state index in [1.54, 1.807) is 27.8 Å². The maximum Gasteiger partial charge on any atom is 0.272 e. The van der Waals surface area contributed by atoms with Crippen molar-refractivity contribution in [3.05, 3.63) is 88.5 Å². The summed E-state index contributed by atoms with van der Waals surface area (Å²) in [5.41, 5.74) is 3.46. The van der Waals surface area contributed by atoms with Gasteiger partial charge in [-0.2, -0.15) is 5.10 Å². The van der Waals surface area contributed by atoms with E-state index in [4.69, 9.17) is 0 Å². The zero-order chi connectivity index (χ0) is 21.1. The summed E-state index contributed by atoms with van der Waals surface area (Å²) in [7, 11) is 0. The van der Waals surface area contributed by atoms with E-state index in [0.29, 0.717) is 38.3 Å². The Morgan fingerprint density at radius 1 is 1.13 bits per heavy atom. The molecule has 2 amide bonds. The van der Waals surface area contributed by atoms with Crippen molar-refractivity contribution in [2.75, 3.05) is 6.54 Å². The Kier molecular flexibility index (Phi) is 5.61. The van der Waals surface area contributed by atoms with Crippen LogP contribution in [0.5, 0.6) is 0 Å². The standard InChI is InChI=1S/C23H23FN4O2/c1-16-6-2-3-8-18(16)14-25-22(29)20-13-21-23(30)27(10-5-11-28(21)26-20)15-17-7-4-9-19(24)12-17/h2-4,6-9,12-13H,5,10-11,14-15H2,1H3,(H,25,29). The third-order valence-corrected chi connectivity index (χ3v) is 5.28. The fraction of sp³-hybridized carbons (Fsp3) is 0.261. The van der Waals surface area contributed by atoms with Gasteiger partial charge in [-0.15, -0.1) is 0 Å². The van der Waals surface area contributed by atoms with E-state index in [1.807, 2.05) is 31.2 Å². The van der Waals surface area contributed by atoms with Crippen molar-refractivity contribution < 1.29 is 14.0 Å². The quantitative estimate of drug-likeness (QED) is 0.707. The van der Waals surface area contributed by atoms with Gasteiger partial charge in [-0.1, -0.05) is 36.4 Å². The molecule has 0 aliphatic carbocycles. The van der Waals surface area contributed by atoms with Gasteiger partial charge in [0.25, 0.3) is 11.8 Å². The Morgan fingerprint density at radius 3 is 2.77 bits per heavy atom. The summed E-state index contributed by atoms with van der Waals surface area (Å²) >= 11 is 0. The average Bonchev–Trinajstić information content (AvgIpc) is 3.10. The molecule has 0 radical (unpaired) electrons. The second-order valence-corrected chi connectivity index (χ2v) is 7.46. The second kappa shape index (κ2) is 8.49. The summed E-state index contributed by atoms with van der Waals surface area (Å²) < 4.78 is 15.1. The lowest BCUT2D eigenvalue weighted by Gasteiger charge is -2.20. The number of nitrogens with zero attached hydrogens (tertiary/aromatic N) is 3. The Hall–Kier alpha value is -3.48. The molecule has 1 aromatic heterocycles. The molecular weight excluding hydrogens is 383 g/mol. The van der Waals surface area contributed by atoms with Crippen LogP contribution < -0.4 is 5.32 Å². The number of halogens is 1. The van der Waals surface area contributed by atoms with Crippen LogP contribution >= 0.6 is 0 Å². The highest BCUT2D eigenvalue weighted by atomic mass is 19.1. The Labute approximate surface area is 174 Å². The molecule has 2 heterocycles. The van der Waals surface area contributed by atoms with Gasteiger partial charge in [0.1, 0.15) is 11.5 Å². The van der Waals surface area contributed by atoms with E-state index in [1.165, 1.54) is 12.1 Å². The number of rotatable bonds is 5. The van der Waals surface area contributed by atoms with Gasteiger partial charge in [-0.05, 0) is 42.2 Å². The first kappa shape index (κ1) is 19.8. The van der Waals surface area contributed by atoms with Crippen molar-refractivity contribution in [3.63, 3.8) is 0 Å². The number of hydrogen-bond donors (Lipinski definition) is 1. The van der Waals surface area contributed by atoms with E-state index in [-0.39, 0.29) is 23.3 Å². The van der Waals surface area contributed by atoms with E-state index >= 15 is 0 Å². The number of fused-ring (bicyclic) bond motifs is 1. The van der Waals surface area contributed by atoms with Crippen molar-refractivity contribution in [3.8, 4) is 0 Å². The fourth-order valence-electron chi connectivity index (χ4n) is 3.63. The number of hydrogen-bond acceptors (Lipinski definition) is 3. The first-order valence-corrected chi connectivity index (χ1v) is 9.95. The minimum atomic E-state index is -0.326. The van der Waals surface area contributed by atoms with E-state index in [0.717, 1.165) is 16.7 Å². The molecular formula is C23H23FN4O2. The number of carbonyl (C=O) groups excluding carboxylic acids is 2. The lowest BCUT2D eigenvalue weighted by Crippen LogP contribution is -2.30. The van der Waals surface area contributed by atoms with Crippen molar-refractivity contribution in [2.45, 2.75) is 33.0 Å². The van der Waals surface area contributed by atoms with Crippen LogP contribution in [0.1, 0.15) is 44.1 Å². The number of aryl methyl sites for hydroxylation is 2. The predicted octanol–water partition coefficient (Wildman–Crippen LogP) is 3.31. The zero-order valence-corrected chi connectivity index (χ0v) is 16.8. The monoisotopic (exact) mass is 406 g/mol. The Bertz CT molecular complexity index is 1090. The van der Waals surface area contributed by atoms with Gasteiger partial charge in [0.2, 0.25) is 0 Å².